The van der Waals surface area contributed by atoms with E-state index in [1.54, 1.807) is 36.3 Å². The van der Waals surface area contributed by atoms with Gasteiger partial charge in [-0.15, -0.1) is 0 Å². The maximum absolute atomic E-state index is 14.8. The average Bonchev–Trinajstić information content (AvgIpc) is 3.54. The van der Waals surface area contributed by atoms with Gasteiger partial charge in [-0.25, -0.2) is 13.6 Å². The Morgan fingerprint density at radius 1 is 0.920 bits per heavy atom. The number of carbonyl (C=O) groups excluding carboxylic acids is 2. The minimum Gasteiger partial charge on any atom is -0.497 e. The van der Waals surface area contributed by atoms with Crippen LogP contribution in [-0.4, -0.2) is 72.1 Å². The predicted octanol–water partition coefficient (Wildman–Crippen LogP) is 7.12. The Labute approximate surface area is 291 Å². The number of aromatic nitrogens is 2. The van der Waals surface area contributed by atoms with Crippen molar-refractivity contribution in [2.45, 2.75) is 64.7 Å². The Morgan fingerprint density at radius 2 is 1.60 bits per heavy atom. The van der Waals surface area contributed by atoms with Gasteiger partial charge in [-0.3, -0.25) is 9.48 Å². The second-order valence-corrected chi connectivity index (χ2v) is 14.1. The Bertz CT molecular complexity index is 1780. The molecule has 1 aromatic heterocycles. The third-order valence-corrected chi connectivity index (χ3v) is 9.35. The van der Waals surface area contributed by atoms with Gasteiger partial charge in [-0.05, 0) is 100 Å². The number of methoxy groups -OCH3 is 1. The lowest BCUT2D eigenvalue weighted by atomic mass is 9.86. The quantitative estimate of drug-likeness (QED) is 0.200. The number of fused-ring (bicyclic) bond motifs is 1. The Kier molecular flexibility index (Phi) is 10.4. The zero-order chi connectivity index (χ0) is 35.4. The third-order valence-electron chi connectivity index (χ3n) is 9.35. The lowest BCUT2D eigenvalue weighted by Crippen LogP contribution is -2.50. The van der Waals surface area contributed by atoms with Gasteiger partial charge in [0, 0.05) is 55.6 Å². The molecule has 266 valence electrons. The molecule has 0 radical (unpaired) electrons. The van der Waals surface area contributed by atoms with Crippen LogP contribution in [0.15, 0.2) is 60.8 Å². The summed E-state index contributed by atoms with van der Waals surface area (Å²) < 4.78 is 47.7. The summed E-state index contributed by atoms with van der Waals surface area (Å²) in [6.45, 7) is 8.68. The van der Waals surface area contributed by atoms with Crippen molar-refractivity contribution in [2.24, 2.45) is 5.92 Å². The highest BCUT2D eigenvalue weighted by atomic mass is 19.1. The van der Waals surface area contributed by atoms with Crippen LogP contribution in [-0.2, 0) is 11.3 Å². The van der Waals surface area contributed by atoms with E-state index in [0.29, 0.717) is 25.4 Å². The summed E-state index contributed by atoms with van der Waals surface area (Å²) in [6.07, 6.45) is 5.45. The number of carbonyl (C=O) groups is 2. The van der Waals surface area contributed by atoms with Gasteiger partial charge in [-0.1, -0.05) is 12.1 Å². The van der Waals surface area contributed by atoms with E-state index in [1.165, 1.54) is 0 Å². The molecule has 2 heterocycles. The van der Waals surface area contributed by atoms with Gasteiger partial charge < -0.3 is 29.3 Å². The van der Waals surface area contributed by atoms with Crippen LogP contribution in [0.3, 0.4) is 0 Å². The first-order valence-corrected chi connectivity index (χ1v) is 17.2. The largest absolute Gasteiger partial charge is 0.497 e. The zero-order valence-electron chi connectivity index (χ0n) is 29.1. The standard InChI is InChI=1S/C38H45F2N5O5/c1-38(2,3)50-37(47)44-17-15-43(16-18-44)30-12-9-27-23-45(42-34(27)21-30)29-10-5-25(6-11-29)22-41-36(46)28-19-32(39)35(33(40)20-28)49-24-26-7-13-31(48-4)14-8-26/h7-9,12-14,19-21,23,25,29H,5-6,10-11,15-18,22,24H2,1-4H3,(H,41,46). The van der Waals surface area contributed by atoms with E-state index in [1.807, 2.05) is 20.8 Å². The van der Waals surface area contributed by atoms with E-state index in [9.17, 15) is 18.4 Å². The summed E-state index contributed by atoms with van der Waals surface area (Å²) in [7, 11) is 1.56. The lowest BCUT2D eigenvalue weighted by molar-refractivity contribution is 0.0240. The van der Waals surface area contributed by atoms with E-state index < -0.39 is 28.9 Å². The van der Waals surface area contributed by atoms with Gasteiger partial charge in [0.1, 0.15) is 18.0 Å². The van der Waals surface area contributed by atoms with E-state index >= 15 is 0 Å². The molecule has 6 rings (SSSR count). The smallest absolute Gasteiger partial charge is 0.410 e. The van der Waals surface area contributed by atoms with Crippen LogP contribution in [0.4, 0.5) is 19.3 Å². The van der Waals surface area contributed by atoms with E-state index in [-0.39, 0.29) is 30.2 Å². The Hall–Kier alpha value is -4.87. The topological polar surface area (TPSA) is 98.2 Å². The van der Waals surface area contributed by atoms with Crippen molar-refractivity contribution in [1.29, 1.82) is 0 Å². The summed E-state index contributed by atoms with van der Waals surface area (Å²) >= 11 is 0. The first kappa shape index (κ1) is 35.0. The number of rotatable bonds is 9. The van der Waals surface area contributed by atoms with Gasteiger partial charge in [0.25, 0.3) is 5.91 Å². The van der Waals surface area contributed by atoms with Crippen molar-refractivity contribution in [3.05, 3.63) is 83.6 Å². The second-order valence-electron chi connectivity index (χ2n) is 14.1. The van der Waals surface area contributed by atoms with Crippen LogP contribution < -0.4 is 19.7 Å². The molecule has 12 heteroatoms. The molecule has 3 aromatic carbocycles. The highest BCUT2D eigenvalue weighted by Gasteiger charge is 2.27. The normalized spacial score (nSPS) is 18.2. The lowest BCUT2D eigenvalue weighted by Gasteiger charge is -2.36. The highest BCUT2D eigenvalue weighted by molar-refractivity contribution is 5.94. The maximum atomic E-state index is 14.8. The fourth-order valence-electron chi connectivity index (χ4n) is 6.54. The second kappa shape index (κ2) is 14.9. The fraction of sp³-hybridized carbons (Fsp3) is 0.447. The molecule has 0 atom stereocenters. The SMILES string of the molecule is COc1ccc(COc2c(F)cc(C(=O)NCC3CCC(n4cc5ccc(N6CCN(C(=O)OC(C)(C)C)CC6)cc5n4)CC3)cc2F)cc1. The van der Waals surface area contributed by atoms with Gasteiger partial charge >= 0.3 is 6.09 Å². The first-order chi connectivity index (χ1) is 24.0. The molecule has 2 aliphatic rings. The van der Waals surface area contributed by atoms with E-state index in [2.05, 4.69) is 39.3 Å². The van der Waals surface area contributed by atoms with Crippen LogP contribution in [0.25, 0.3) is 10.9 Å². The number of hydrogen-bond acceptors (Lipinski definition) is 7. The first-order valence-electron chi connectivity index (χ1n) is 17.2. The molecular formula is C38H45F2N5O5. The van der Waals surface area contributed by atoms with Crippen molar-refractivity contribution in [1.82, 2.24) is 20.0 Å². The molecule has 1 N–H and O–H groups in total. The summed E-state index contributed by atoms with van der Waals surface area (Å²) in [6, 6.07) is 15.6. The Morgan fingerprint density at radius 3 is 2.24 bits per heavy atom. The van der Waals surface area contributed by atoms with Crippen molar-refractivity contribution in [3.63, 3.8) is 0 Å². The zero-order valence-corrected chi connectivity index (χ0v) is 29.1. The van der Waals surface area contributed by atoms with Crippen molar-refractivity contribution < 1.29 is 32.6 Å². The predicted molar refractivity (Wildman–Crippen MR) is 187 cm³/mol. The number of hydrogen-bond donors (Lipinski definition) is 1. The molecule has 50 heavy (non-hydrogen) atoms. The molecule has 0 bridgehead atoms. The van der Waals surface area contributed by atoms with Crippen LogP contribution in [0.2, 0.25) is 0 Å². The summed E-state index contributed by atoms with van der Waals surface area (Å²) in [5, 5.41) is 8.86. The van der Waals surface area contributed by atoms with Crippen molar-refractivity contribution in [3.8, 4) is 11.5 Å². The molecule has 1 aliphatic heterocycles. The molecular weight excluding hydrogens is 644 g/mol. The highest BCUT2D eigenvalue weighted by Crippen LogP contribution is 2.33. The number of ether oxygens (including phenoxy) is 3. The number of piperazine rings is 1. The number of anilines is 1. The number of nitrogens with zero attached hydrogens (tertiary/aromatic N) is 4. The van der Waals surface area contributed by atoms with Crippen molar-refractivity contribution in [2.75, 3.05) is 44.7 Å². The number of benzene rings is 3. The maximum Gasteiger partial charge on any atom is 0.410 e. The summed E-state index contributed by atoms with van der Waals surface area (Å²) in [4.78, 5) is 29.3. The molecule has 1 saturated carbocycles. The van der Waals surface area contributed by atoms with Crippen molar-refractivity contribution >= 4 is 28.6 Å². The monoisotopic (exact) mass is 689 g/mol. The van der Waals surface area contributed by atoms with Crippen LogP contribution in [0.5, 0.6) is 11.5 Å². The fourth-order valence-corrected chi connectivity index (χ4v) is 6.54. The van der Waals surface area contributed by atoms with Crippen LogP contribution in [0.1, 0.15) is 68.4 Å². The van der Waals surface area contributed by atoms with Gasteiger partial charge in [0.15, 0.2) is 17.4 Å². The number of nitrogens with one attached hydrogen (secondary N) is 1. The molecule has 1 aliphatic carbocycles. The minimum atomic E-state index is -0.927. The third kappa shape index (κ3) is 8.46. The number of amides is 2. The minimum absolute atomic E-state index is 0.0298. The van der Waals surface area contributed by atoms with E-state index in [0.717, 1.165) is 73.1 Å². The molecule has 10 nitrogen and oxygen atoms in total. The molecule has 0 unspecified atom stereocenters. The molecule has 0 spiro atoms. The Balaban J connectivity index is 0.969. The van der Waals surface area contributed by atoms with Crippen LogP contribution in [0, 0.1) is 17.6 Å². The van der Waals surface area contributed by atoms with Crippen LogP contribution >= 0.6 is 0 Å². The van der Waals surface area contributed by atoms with Gasteiger partial charge in [-0.2, -0.15) is 5.10 Å². The summed E-state index contributed by atoms with van der Waals surface area (Å²) in [5.41, 5.74) is 2.14. The average molecular weight is 690 g/mol. The summed E-state index contributed by atoms with van der Waals surface area (Å²) in [5.74, 6) is -1.97. The van der Waals surface area contributed by atoms with Gasteiger partial charge in [0.05, 0.1) is 18.7 Å². The van der Waals surface area contributed by atoms with E-state index in [4.69, 9.17) is 19.3 Å². The molecule has 1 saturated heterocycles. The molecule has 2 amide bonds. The number of halogens is 2. The molecule has 4 aromatic rings. The molecule has 2 fully saturated rings. The van der Waals surface area contributed by atoms with Gasteiger partial charge in [0.2, 0.25) is 0 Å².